The molecule has 1 aromatic rings. The van der Waals surface area contributed by atoms with Gasteiger partial charge in [-0.15, -0.1) is 0 Å². The number of carbonyl (C=O) groups is 1. The lowest BCUT2D eigenvalue weighted by Crippen LogP contribution is -2.42. The standard InChI is InChI=1S/C19H20FNO4S/c1-19(18(22)23,26(2)24)11-15-10-17(21-25-15)14-8-7-13(16(20)9-14)6-5-12-3-4-12/h7-9,12,15H,3-4,10-11H2,1-2H3,(H,22,23). The molecule has 0 amide bonds. The second kappa shape index (κ2) is 7.20. The number of hydrogen-bond acceptors (Lipinski definition) is 4. The van der Waals surface area contributed by atoms with E-state index in [1.54, 1.807) is 12.1 Å². The van der Waals surface area contributed by atoms with Gasteiger partial charge in [-0.25, -0.2) is 4.39 Å². The molecule has 0 spiro atoms. The molecule has 0 saturated heterocycles. The second-order valence-electron chi connectivity index (χ2n) is 6.90. The molecule has 3 rings (SSSR count). The lowest BCUT2D eigenvalue weighted by atomic mass is 9.96. The smallest absolute Gasteiger partial charge is 0.322 e. The number of nitrogens with zero attached hydrogens (tertiary/aromatic N) is 1. The van der Waals surface area contributed by atoms with E-state index in [0.717, 1.165) is 12.8 Å². The maximum atomic E-state index is 14.2. The van der Waals surface area contributed by atoms with E-state index >= 15 is 0 Å². The topological polar surface area (TPSA) is 76.0 Å². The Morgan fingerprint density at radius 1 is 1.50 bits per heavy atom. The van der Waals surface area contributed by atoms with Crippen LogP contribution >= 0.6 is 0 Å². The van der Waals surface area contributed by atoms with Gasteiger partial charge in [-0.1, -0.05) is 23.1 Å². The van der Waals surface area contributed by atoms with Gasteiger partial charge in [0.05, 0.1) is 11.3 Å². The summed E-state index contributed by atoms with van der Waals surface area (Å²) in [6.07, 6.45) is 3.42. The van der Waals surface area contributed by atoms with Crippen LogP contribution in [0.5, 0.6) is 0 Å². The normalized spacial score (nSPS) is 22.4. The highest BCUT2D eigenvalue weighted by Crippen LogP contribution is 2.29. The summed E-state index contributed by atoms with van der Waals surface area (Å²) in [6.45, 7) is 1.43. The number of carboxylic acids is 1. The molecular weight excluding hydrogens is 357 g/mol. The summed E-state index contributed by atoms with van der Waals surface area (Å²) in [5.74, 6) is 4.74. The number of oxime groups is 1. The Bertz CT molecular complexity index is 837. The fraction of sp³-hybridized carbons (Fsp3) is 0.474. The largest absolute Gasteiger partial charge is 0.480 e. The molecule has 0 radical (unpaired) electrons. The number of aliphatic carboxylic acids is 1. The molecule has 5 nitrogen and oxygen atoms in total. The molecular formula is C19H20FNO4S. The summed E-state index contributed by atoms with van der Waals surface area (Å²) >= 11 is 0. The van der Waals surface area contributed by atoms with Gasteiger partial charge >= 0.3 is 5.97 Å². The van der Waals surface area contributed by atoms with Gasteiger partial charge in [0.15, 0.2) is 0 Å². The molecule has 7 heteroatoms. The molecule has 138 valence electrons. The fourth-order valence-electron chi connectivity index (χ4n) is 2.67. The summed E-state index contributed by atoms with van der Waals surface area (Å²) in [5.41, 5.74) is 1.48. The first-order chi connectivity index (χ1) is 12.3. The first-order valence-electron chi connectivity index (χ1n) is 8.40. The van der Waals surface area contributed by atoms with Crippen molar-refractivity contribution in [1.82, 2.24) is 0 Å². The number of halogens is 1. The maximum Gasteiger partial charge on any atom is 0.322 e. The monoisotopic (exact) mass is 377 g/mol. The summed E-state index contributed by atoms with van der Waals surface area (Å²) < 4.78 is 24.6. The van der Waals surface area contributed by atoms with E-state index < -0.39 is 33.4 Å². The van der Waals surface area contributed by atoms with Crippen molar-refractivity contribution in [2.45, 2.75) is 43.5 Å². The van der Waals surface area contributed by atoms with Gasteiger partial charge in [0, 0.05) is 41.4 Å². The molecule has 2 aliphatic rings. The van der Waals surface area contributed by atoms with Crippen LogP contribution in [0.2, 0.25) is 0 Å². The number of hydrogen-bond donors (Lipinski definition) is 1. The van der Waals surface area contributed by atoms with Crippen LogP contribution in [0.4, 0.5) is 4.39 Å². The molecule has 1 aromatic carbocycles. The van der Waals surface area contributed by atoms with Crippen LogP contribution in [0.25, 0.3) is 0 Å². The third-order valence-electron chi connectivity index (χ3n) is 4.73. The average Bonchev–Trinajstić information content (AvgIpc) is 3.30. The molecule has 26 heavy (non-hydrogen) atoms. The van der Waals surface area contributed by atoms with Crippen molar-refractivity contribution in [3.8, 4) is 11.8 Å². The molecule has 1 aliphatic heterocycles. The minimum atomic E-state index is -1.56. The summed E-state index contributed by atoms with van der Waals surface area (Å²) in [5, 5.41) is 13.3. The molecule has 3 atom stereocenters. The van der Waals surface area contributed by atoms with Crippen molar-refractivity contribution in [2.24, 2.45) is 11.1 Å². The Labute approximate surface area is 154 Å². The van der Waals surface area contributed by atoms with Gasteiger partial charge in [-0.2, -0.15) is 0 Å². The summed E-state index contributed by atoms with van der Waals surface area (Å²) in [7, 11) is -1.56. The van der Waals surface area contributed by atoms with Gasteiger partial charge in [-0.3, -0.25) is 9.00 Å². The van der Waals surface area contributed by atoms with E-state index in [2.05, 4.69) is 17.0 Å². The molecule has 3 unspecified atom stereocenters. The molecule has 1 saturated carbocycles. The zero-order valence-corrected chi connectivity index (χ0v) is 15.4. The van der Waals surface area contributed by atoms with E-state index in [1.165, 1.54) is 19.2 Å². The van der Waals surface area contributed by atoms with E-state index in [1.807, 2.05) is 0 Å². The Balaban J connectivity index is 1.69. The molecule has 1 fully saturated rings. The molecule has 0 aromatic heterocycles. The predicted molar refractivity (Wildman–Crippen MR) is 96.8 cm³/mol. The van der Waals surface area contributed by atoms with Crippen LogP contribution in [-0.4, -0.2) is 38.1 Å². The van der Waals surface area contributed by atoms with Crippen molar-refractivity contribution >= 4 is 22.5 Å². The molecule has 0 bridgehead atoms. The van der Waals surface area contributed by atoms with Crippen LogP contribution in [0, 0.1) is 23.6 Å². The van der Waals surface area contributed by atoms with Gasteiger partial charge in [0.25, 0.3) is 0 Å². The van der Waals surface area contributed by atoms with Crippen LogP contribution in [0.1, 0.15) is 43.7 Å². The minimum absolute atomic E-state index is 0.0614. The summed E-state index contributed by atoms with van der Waals surface area (Å²) in [4.78, 5) is 16.8. The van der Waals surface area contributed by atoms with Crippen molar-refractivity contribution in [3.63, 3.8) is 0 Å². The van der Waals surface area contributed by atoms with Crippen LogP contribution in [0.3, 0.4) is 0 Å². The van der Waals surface area contributed by atoms with Crippen LogP contribution < -0.4 is 0 Å². The Kier molecular flexibility index (Phi) is 5.15. The first-order valence-corrected chi connectivity index (χ1v) is 9.96. The third kappa shape index (κ3) is 3.96. The maximum absolute atomic E-state index is 14.2. The highest BCUT2D eigenvalue weighted by molar-refractivity contribution is 7.86. The lowest BCUT2D eigenvalue weighted by molar-refractivity contribution is -0.140. The Morgan fingerprint density at radius 2 is 2.23 bits per heavy atom. The van der Waals surface area contributed by atoms with E-state index in [4.69, 9.17) is 4.84 Å². The van der Waals surface area contributed by atoms with E-state index in [0.29, 0.717) is 29.2 Å². The van der Waals surface area contributed by atoms with Crippen LogP contribution in [-0.2, 0) is 20.4 Å². The number of rotatable bonds is 5. The predicted octanol–water partition coefficient (Wildman–Crippen LogP) is 2.69. The molecule has 1 heterocycles. The van der Waals surface area contributed by atoms with Crippen molar-refractivity contribution in [3.05, 3.63) is 35.1 Å². The molecule has 1 N–H and O–H groups in total. The van der Waals surface area contributed by atoms with Gasteiger partial charge < -0.3 is 9.94 Å². The first kappa shape index (κ1) is 18.6. The Morgan fingerprint density at radius 3 is 2.81 bits per heavy atom. The number of benzene rings is 1. The summed E-state index contributed by atoms with van der Waals surface area (Å²) in [6, 6.07) is 4.73. The third-order valence-corrected chi connectivity index (χ3v) is 6.34. The van der Waals surface area contributed by atoms with Crippen molar-refractivity contribution in [2.75, 3.05) is 6.26 Å². The van der Waals surface area contributed by atoms with Crippen molar-refractivity contribution < 1.29 is 23.3 Å². The highest BCUT2D eigenvalue weighted by atomic mass is 32.2. The zero-order chi connectivity index (χ0) is 18.9. The van der Waals surface area contributed by atoms with Crippen LogP contribution in [0.15, 0.2) is 23.4 Å². The zero-order valence-electron chi connectivity index (χ0n) is 14.6. The average molecular weight is 377 g/mol. The van der Waals surface area contributed by atoms with Gasteiger partial charge in [0.2, 0.25) is 0 Å². The van der Waals surface area contributed by atoms with E-state index in [-0.39, 0.29) is 6.42 Å². The fourth-order valence-corrected chi connectivity index (χ4v) is 3.34. The highest BCUT2D eigenvalue weighted by Gasteiger charge is 2.42. The van der Waals surface area contributed by atoms with E-state index in [9.17, 15) is 18.5 Å². The van der Waals surface area contributed by atoms with Crippen molar-refractivity contribution in [1.29, 1.82) is 0 Å². The van der Waals surface area contributed by atoms with Gasteiger partial charge in [-0.05, 0) is 31.9 Å². The SMILES string of the molecule is CS(=O)C(C)(CC1CC(c2ccc(C#CC3CC3)c(F)c2)=NO1)C(=O)O. The second-order valence-corrected chi connectivity index (χ2v) is 8.71. The minimum Gasteiger partial charge on any atom is -0.480 e. The molecule has 1 aliphatic carbocycles. The Hall–Kier alpha value is -2.20. The lowest BCUT2D eigenvalue weighted by Gasteiger charge is -2.24. The van der Waals surface area contributed by atoms with Gasteiger partial charge in [0.1, 0.15) is 16.7 Å². The number of carboxylic acid groups (broad SMARTS) is 1. The quantitative estimate of drug-likeness (QED) is 0.801.